The third kappa shape index (κ3) is 1.70. The molecule has 2 heterocycles. The average Bonchev–Trinajstić information content (AvgIpc) is 2.74. The minimum atomic E-state index is -3.81. The van der Waals surface area contributed by atoms with Gasteiger partial charge in [0.25, 0.3) is 15.9 Å². The van der Waals surface area contributed by atoms with E-state index in [1.165, 1.54) is 6.07 Å². The van der Waals surface area contributed by atoms with Gasteiger partial charge < -0.3 is 4.74 Å². The fraction of sp³-hybridized carbons (Fsp3) is 0.188. The smallest absolute Gasteiger partial charge is 0.269 e. The number of benzene rings is 2. The van der Waals surface area contributed by atoms with Gasteiger partial charge in [-0.15, -0.1) is 0 Å². The molecule has 0 spiro atoms. The van der Waals surface area contributed by atoms with Crippen molar-refractivity contribution >= 4 is 15.9 Å². The number of amides is 1. The second-order valence-electron chi connectivity index (χ2n) is 5.29. The lowest BCUT2D eigenvalue weighted by Crippen LogP contribution is -2.36. The van der Waals surface area contributed by atoms with Gasteiger partial charge in [0.05, 0.1) is 18.2 Å². The number of nitrogens with zero attached hydrogens (tertiary/aromatic N) is 1. The number of hydrogen-bond acceptors (Lipinski definition) is 4. The minimum Gasteiger partial charge on any atom is -0.493 e. The zero-order valence-electron chi connectivity index (χ0n) is 11.6. The maximum absolute atomic E-state index is 12.8. The Labute approximate surface area is 128 Å². The van der Waals surface area contributed by atoms with Crippen LogP contribution in [0.5, 0.6) is 5.75 Å². The Balaban J connectivity index is 1.88. The summed E-state index contributed by atoms with van der Waals surface area (Å²) in [4.78, 5) is 12.7. The van der Waals surface area contributed by atoms with Crippen LogP contribution in [0.15, 0.2) is 53.4 Å². The highest BCUT2D eigenvalue weighted by molar-refractivity contribution is 7.90. The molecule has 1 amide bonds. The molecular weight excluding hydrogens is 302 g/mol. The van der Waals surface area contributed by atoms with E-state index < -0.39 is 22.0 Å². The number of sulfonamides is 1. The molecule has 2 aliphatic heterocycles. The lowest BCUT2D eigenvalue weighted by atomic mass is 10.00. The van der Waals surface area contributed by atoms with Gasteiger partial charge in [-0.25, -0.2) is 12.7 Å². The summed E-state index contributed by atoms with van der Waals surface area (Å²) in [5.41, 5.74) is 0.977. The standard InChI is InChI=1S/C16H13NO4S/c18-16-12-6-2-4-8-15(12)22(19,20)17(16)13-9-10-21-14-7-3-1-5-11(13)14/h1-8,13H,9-10H2/t13-/m1/s1. The van der Waals surface area contributed by atoms with E-state index in [1.807, 2.05) is 18.2 Å². The first kappa shape index (κ1) is 13.3. The molecule has 2 aromatic carbocycles. The second-order valence-corrected chi connectivity index (χ2v) is 7.08. The molecular formula is C16H13NO4S. The molecule has 1 atom stereocenters. The monoisotopic (exact) mass is 315 g/mol. The fourth-order valence-corrected chi connectivity index (χ4v) is 4.84. The summed E-state index contributed by atoms with van der Waals surface area (Å²) < 4.78 is 32.1. The summed E-state index contributed by atoms with van der Waals surface area (Å²) in [6.07, 6.45) is 0.454. The summed E-state index contributed by atoms with van der Waals surface area (Å²) in [6.45, 7) is 0.386. The van der Waals surface area contributed by atoms with Crippen LogP contribution in [-0.4, -0.2) is 25.2 Å². The van der Waals surface area contributed by atoms with E-state index in [2.05, 4.69) is 0 Å². The highest BCUT2D eigenvalue weighted by atomic mass is 32.2. The number of ether oxygens (including phenoxy) is 1. The Bertz CT molecular complexity index is 875. The Morgan fingerprint density at radius 3 is 2.59 bits per heavy atom. The molecule has 2 aromatic rings. The summed E-state index contributed by atoms with van der Waals surface area (Å²) in [5.74, 6) is 0.176. The molecule has 22 heavy (non-hydrogen) atoms. The van der Waals surface area contributed by atoms with Crippen LogP contribution in [-0.2, 0) is 10.0 Å². The van der Waals surface area contributed by atoms with Crippen LogP contribution in [0.4, 0.5) is 0 Å². The van der Waals surface area contributed by atoms with Gasteiger partial charge >= 0.3 is 0 Å². The first-order valence-electron chi connectivity index (χ1n) is 7.00. The van der Waals surface area contributed by atoms with Gasteiger partial charge in [-0.1, -0.05) is 30.3 Å². The Hall–Kier alpha value is -2.34. The molecule has 4 rings (SSSR count). The maximum atomic E-state index is 12.8. The Morgan fingerprint density at radius 2 is 1.77 bits per heavy atom. The minimum absolute atomic E-state index is 0.0870. The summed E-state index contributed by atoms with van der Waals surface area (Å²) in [6, 6.07) is 13.1. The van der Waals surface area contributed by atoms with E-state index in [0.29, 0.717) is 18.8 Å². The largest absolute Gasteiger partial charge is 0.493 e. The number of rotatable bonds is 1. The van der Waals surface area contributed by atoms with Crippen LogP contribution < -0.4 is 4.74 Å². The summed E-state index contributed by atoms with van der Waals surface area (Å²) in [5, 5.41) is 0. The van der Waals surface area contributed by atoms with E-state index in [-0.39, 0.29) is 10.5 Å². The van der Waals surface area contributed by atoms with Gasteiger partial charge in [0.1, 0.15) is 10.6 Å². The van der Waals surface area contributed by atoms with Crippen molar-refractivity contribution in [2.75, 3.05) is 6.61 Å². The molecule has 0 saturated carbocycles. The summed E-state index contributed by atoms with van der Waals surface area (Å²) >= 11 is 0. The highest BCUT2D eigenvalue weighted by Crippen LogP contribution is 2.42. The first-order chi connectivity index (χ1) is 10.6. The molecule has 0 bridgehead atoms. The predicted molar refractivity (Wildman–Crippen MR) is 79.1 cm³/mol. The van der Waals surface area contributed by atoms with Gasteiger partial charge in [-0.3, -0.25) is 4.79 Å². The number of hydrogen-bond donors (Lipinski definition) is 0. The number of carbonyl (C=O) groups is 1. The molecule has 0 fully saturated rings. The van der Waals surface area contributed by atoms with Gasteiger partial charge in [0.15, 0.2) is 0 Å². The molecule has 0 saturated heterocycles. The number of carbonyl (C=O) groups excluding carboxylic acids is 1. The normalized spacial score (nSPS) is 21.9. The molecule has 0 aromatic heterocycles. The molecule has 0 N–H and O–H groups in total. The van der Waals surface area contributed by atoms with Crippen LogP contribution >= 0.6 is 0 Å². The van der Waals surface area contributed by atoms with Gasteiger partial charge in [-0.05, 0) is 18.2 Å². The van der Waals surface area contributed by atoms with Crippen LogP contribution in [0.3, 0.4) is 0 Å². The number of para-hydroxylation sites is 1. The molecule has 112 valence electrons. The van der Waals surface area contributed by atoms with Crippen molar-refractivity contribution in [3.8, 4) is 5.75 Å². The molecule has 0 radical (unpaired) electrons. The van der Waals surface area contributed by atoms with Crippen molar-refractivity contribution in [1.29, 1.82) is 0 Å². The van der Waals surface area contributed by atoms with Gasteiger partial charge in [0, 0.05) is 12.0 Å². The SMILES string of the molecule is O=C1c2ccccc2S(=O)(=O)N1[C@@H]1CCOc2ccccc21. The molecule has 6 heteroatoms. The molecule has 0 aliphatic carbocycles. The lowest BCUT2D eigenvalue weighted by Gasteiger charge is -2.31. The fourth-order valence-electron chi connectivity index (χ4n) is 3.08. The Kier molecular flexibility index (Phi) is 2.77. The quantitative estimate of drug-likeness (QED) is 0.810. The third-order valence-corrected chi connectivity index (χ3v) is 5.91. The maximum Gasteiger partial charge on any atom is 0.269 e. The molecule has 2 aliphatic rings. The zero-order valence-corrected chi connectivity index (χ0v) is 12.4. The van der Waals surface area contributed by atoms with Crippen molar-refractivity contribution in [3.05, 3.63) is 59.7 Å². The van der Waals surface area contributed by atoms with Crippen molar-refractivity contribution in [2.45, 2.75) is 17.4 Å². The Morgan fingerprint density at radius 1 is 1.05 bits per heavy atom. The zero-order chi connectivity index (χ0) is 15.3. The summed E-state index contributed by atoms with van der Waals surface area (Å²) in [7, 11) is -3.81. The van der Waals surface area contributed by atoms with E-state index >= 15 is 0 Å². The van der Waals surface area contributed by atoms with Gasteiger partial charge in [-0.2, -0.15) is 0 Å². The molecule has 0 unspecified atom stereocenters. The topological polar surface area (TPSA) is 63.7 Å². The average molecular weight is 315 g/mol. The first-order valence-corrected chi connectivity index (χ1v) is 8.44. The van der Waals surface area contributed by atoms with Crippen LogP contribution in [0.1, 0.15) is 28.4 Å². The lowest BCUT2D eigenvalue weighted by molar-refractivity contribution is 0.0804. The van der Waals surface area contributed by atoms with E-state index in [1.54, 1.807) is 24.3 Å². The van der Waals surface area contributed by atoms with Gasteiger partial charge in [0.2, 0.25) is 0 Å². The van der Waals surface area contributed by atoms with Crippen LogP contribution in [0.2, 0.25) is 0 Å². The van der Waals surface area contributed by atoms with E-state index in [0.717, 1.165) is 9.87 Å². The predicted octanol–water partition coefficient (Wildman–Crippen LogP) is 2.35. The highest BCUT2D eigenvalue weighted by Gasteiger charge is 2.46. The van der Waals surface area contributed by atoms with Crippen molar-refractivity contribution < 1.29 is 17.9 Å². The van der Waals surface area contributed by atoms with Crippen LogP contribution in [0, 0.1) is 0 Å². The number of fused-ring (bicyclic) bond motifs is 2. The van der Waals surface area contributed by atoms with E-state index in [9.17, 15) is 13.2 Å². The molecule has 5 nitrogen and oxygen atoms in total. The van der Waals surface area contributed by atoms with E-state index in [4.69, 9.17) is 4.74 Å². The van der Waals surface area contributed by atoms with Crippen LogP contribution in [0.25, 0.3) is 0 Å². The van der Waals surface area contributed by atoms with Crippen molar-refractivity contribution in [2.24, 2.45) is 0 Å². The third-order valence-electron chi connectivity index (χ3n) is 4.06. The van der Waals surface area contributed by atoms with Crippen molar-refractivity contribution in [3.63, 3.8) is 0 Å². The second kappa shape index (κ2) is 4.58. The van der Waals surface area contributed by atoms with Crippen molar-refractivity contribution in [1.82, 2.24) is 4.31 Å².